The molecule has 1 rings (SSSR count). The van der Waals surface area contributed by atoms with Crippen molar-refractivity contribution in [2.24, 2.45) is 0 Å². The summed E-state index contributed by atoms with van der Waals surface area (Å²) in [6, 6.07) is 0.393. The fraction of sp³-hybridized carbons (Fsp3) is 0.923. The Bertz CT molecular complexity index is 255. The van der Waals surface area contributed by atoms with E-state index in [0.717, 1.165) is 19.3 Å². The number of aliphatic carboxylic acids is 1. The molecule has 0 aliphatic heterocycles. The molecule has 0 bridgehead atoms. The third kappa shape index (κ3) is 5.80. The number of carboxylic acid groups (broad SMARTS) is 1. The maximum Gasteiger partial charge on any atom is 0.323 e. The van der Waals surface area contributed by atoms with Gasteiger partial charge in [-0.3, -0.25) is 10.1 Å². The lowest BCUT2D eigenvalue weighted by molar-refractivity contribution is -0.144. The first-order valence-corrected chi connectivity index (χ1v) is 6.75. The minimum absolute atomic E-state index is 0.393. The summed E-state index contributed by atoms with van der Waals surface area (Å²) in [5.74, 6) is -0.774. The summed E-state index contributed by atoms with van der Waals surface area (Å²) in [5.41, 5.74) is -0.815. The van der Waals surface area contributed by atoms with Crippen LogP contribution in [0.2, 0.25) is 0 Å². The van der Waals surface area contributed by atoms with Gasteiger partial charge in [-0.15, -0.1) is 0 Å². The normalized spacial score (nSPS) is 18.6. The second-order valence-corrected chi connectivity index (χ2v) is 4.97. The van der Waals surface area contributed by atoms with Crippen LogP contribution >= 0.6 is 0 Å². The first kappa shape index (κ1) is 15.4. The second-order valence-electron chi connectivity index (χ2n) is 4.97. The van der Waals surface area contributed by atoms with Gasteiger partial charge < -0.3 is 14.6 Å². The molecular formula is C13H25NO4. The molecule has 5 nitrogen and oxygen atoms in total. The van der Waals surface area contributed by atoms with Crippen molar-refractivity contribution in [3.8, 4) is 0 Å². The van der Waals surface area contributed by atoms with Gasteiger partial charge in [0.05, 0.1) is 13.2 Å². The summed E-state index contributed by atoms with van der Waals surface area (Å²) in [7, 11) is 0. The van der Waals surface area contributed by atoms with Crippen molar-refractivity contribution in [3.05, 3.63) is 0 Å². The van der Waals surface area contributed by atoms with Crippen molar-refractivity contribution in [2.45, 2.75) is 51.1 Å². The lowest BCUT2D eigenvalue weighted by Gasteiger charge is -2.26. The fourth-order valence-electron chi connectivity index (χ4n) is 1.81. The molecule has 0 radical (unpaired) electrons. The smallest absolute Gasteiger partial charge is 0.323 e. The van der Waals surface area contributed by atoms with Gasteiger partial charge in [0.1, 0.15) is 5.54 Å². The van der Waals surface area contributed by atoms with Crippen molar-refractivity contribution >= 4 is 5.97 Å². The molecule has 5 heteroatoms. The highest BCUT2D eigenvalue weighted by Gasteiger charge is 2.37. The van der Waals surface area contributed by atoms with E-state index in [0.29, 0.717) is 38.9 Å². The Morgan fingerprint density at radius 1 is 1.33 bits per heavy atom. The van der Waals surface area contributed by atoms with Crippen LogP contribution in [0.5, 0.6) is 0 Å². The molecule has 0 amide bonds. The van der Waals surface area contributed by atoms with Gasteiger partial charge in [0, 0.05) is 19.3 Å². The monoisotopic (exact) mass is 259 g/mol. The van der Waals surface area contributed by atoms with E-state index in [1.165, 1.54) is 0 Å². The quantitative estimate of drug-likeness (QED) is 0.549. The molecule has 1 atom stereocenters. The molecule has 0 aromatic carbocycles. The minimum Gasteiger partial charge on any atom is -0.480 e. The predicted octanol–water partition coefficient (Wildman–Crippen LogP) is 1.41. The molecule has 1 aliphatic rings. The second kappa shape index (κ2) is 7.71. The zero-order valence-corrected chi connectivity index (χ0v) is 11.4. The first-order valence-electron chi connectivity index (χ1n) is 6.75. The minimum atomic E-state index is -0.815. The average Bonchev–Trinajstić information content (AvgIpc) is 3.11. The van der Waals surface area contributed by atoms with Gasteiger partial charge in [-0.25, -0.2) is 0 Å². The van der Waals surface area contributed by atoms with E-state index in [2.05, 4.69) is 5.32 Å². The van der Waals surface area contributed by atoms with Gasteiger partial charge in [-0.2, -0.15) is 0 Å². The summed E-state index contributed by atoms with van der Waals surface area (Å²) < 4.78 is 10.5. The zero-order valence-electron chi connectivity index (χ0n) is 11.4. The summed E-state index contributed by atoms with van der Waals surface area (Å²) in [5, 5.41) is 12.5. The topological polar surface area (TPSA) is 67.8 Å². The molecule has 1 saturated carbocycles. The molecule has 0 saturated heterocycles. The van der Waals surface area contributed by atoms with Gasteiger partial charge >= 0.3 is 5.97 Å². The van der Waals surface area contributed by atoms with Crippen LogP contribution in [0, 0.1) is 0 Å². The van der Waals surface area contributed by atoms with Crippen LogP contribution in [-0.2, 0) is 14.3 Å². The van der Waals surface area contributed by atoms with Crippen LogP contribution in [0.15, 0.2) is 0 Å². The SMILES string of the molecule is CCOCCOCCCC(C)(NC1CC1)C(=O)O. The van der Waals surface area contributed by atoms with Crippen LogP contribution in [0.4, 0.5) is 0 Å². The number of carbonyl (C=O) groups is 1. The third-order valence-electron chi connectivity index (χ3n) is 3.11. The number of carboxylic acids is 1. The highest BCUT2D eigenvalue weighted by atomic mass is 16.5. The summed E-state index contributed by atoms with van der Waals surface area (Å²) in [6.45, 7) is 6.17. The molecule has 0 aromatic rings. The Balaban J connectivity index is 2.11. The number of hydrogen-bond donors (Lipinski definition) is 2. The van der Waals surface area contributed by atoms with Gasteiger partial charge in [0.25, 0.3) is 0 Å². The molecule has 0 heterocycles. The highest BCUT2D eigenvalue weighted by Crippen LogP contribution is 2.24. The van der Waals surface area contributed by atoms with E-state index in [4.69, 9.17) is 9.47 Å². The van der Waals surface area contributed by atoms with Crippen molar-refractivity contribution in [1.29, 1.82) is 0 Å². The Morgan fingerprint density at radius 3 is 2.56 bits per heavy atom. The van der Waals surface area contributed by atoms with E-state index < -0.39 is 11.5 Å². The van der Waals surface area contributed by atoms with Crippen LogP contribution in [0.25, 0.3) is 0 Å². The zero-order chi connectivity index (χ0) is 13.4. The lowest BCUT2D eigenvalue weighted by atomic mass is 9.96. The van der Waals surface area contributed by atoms with Crippen molar-refractivity contribution in [2.75, 3.05) is 26.4 Å². The van der Waals surface area contributed by atoms with Gasteiger partial charge in [0.2, 0.25) is 0 Å². The van der Waals surface area contributed by atoms with Crippen molar-refractivity contribution < 1.29 is 19.4 Å². The van der Waals surface area contributed by atoms with Crippen molar-refractivity contribution in [3.63, 3.8) is 0 Å². The molecule has 2 N–H and O–H groups in total. The molecule has 106 valence electrons. The van der Waals surface area contributed by atoms with Crippen LogP contribution in [0.1, 0.15) is 39.5 Å². The van der Waals surface area contributed by atoms with Gasteiger partial charge in [-0.1, -0.05) is 0 Å². The molecular weight excluding hydrogens is 234 g/mol. The average molecular weight is 259 g/mol. The van der Waals surface area contributed by atoms with Crippen LogP contribution in [-0.4, -0.2) is 49.1 Å². The molecule has 18 heavy (non-hydrogen) atoms. The third-order valence-corrected chi connectivity index (χ3v) is 3.11. The van der Waals surface area contributed by atoms with E-state index in [-0.39, 0.29) is 0 Å². The van der Waals surface area contributed by atoms with Crippen LogP contribution < -0.4 is 5.32 Å². The maximum atomic E-state index is 11.3. The van der Waals surface area contributed by atoms with E-state index in [1.807, 2.05) is 6.92 Å². The fourth-order valence-corrected chi connectivity index (χ4v) is 1.81. The Kier molecular flexibility index (Phi) is 6.60. The Hall–Kier alpha value is -0.650. The number of ether oxygens (including phenoxy) is 2. The molecule has 1 fully saturated rings. The van der Waals surface area contributed by atoms with E-state index >= 15 is 0 Å². The largest absolute Gasteiger partial charge is 0.480 e. The molecule has 1 aliphatic carbocycles. The van der Waals surface area contributed by atoms with E-state index in [9.17, 15) is 9.90 Å². The van der Waals surface area contributed by atoms with Gasteiger partial charge in [-0.05, 0) is 39.5 Å². The predicted molar refractivity (Wildman–Crippen MR) is 68.7 cm³/mol. The van der Waals surface area contributed by atoms with Crippen LogP contribution in [0.3, 0.4) is 0 Å². The number of nitrogens with one attached hydrogen (secondary N) is 1. The summed E-state index contributed by atoms with van der Waals surface area (Å²) in [4.78, 5) is 11.3. The molecule has 0 aromatic heterocycles. The highest BCUT2D eigenvalue weighted by molar-refractivity contribution is 5.78. The molecule has 1 unspecified atom stereocenters. The summed E-state index contributed by atoms with van der Waals surface area (Å²) in [6.07, 6.45) is 3.52. The Morgan fingerprint density at radius 2 is 2.00 bits per heavy atom. The number of rotatable bonds is 11. The lowest BCUT2D eigenvalue weighted by Crippen LogP contribution is -2.50. The molecule has 0 spiro atoms. The Labute approximate surface area is 109 Å². The maximum absolute atomic E-state index is 11.3. The number of hydrogen-bond acceptors (Lipinski definition) is 4. The van der Waals surface area contributed by atoms with E-state index in [1.54, 1.807) is 6.92 Å². The van der Waals surface area contributed by atoms with Gasteiger partial charge in [0.15, 0.2) is 0 Å². The summed E-state index contributed by atoms with van der Waals surface area (Å²) >= 11 is 0. The van der Waals surface area contributed by atoms with Crippen molar-refractivity contribution in [1.82, 2.24) is 5.32 Å². The standard InChI is InChI=1S/C13H25NO4/c1-3-17-9-10-18-8-4-7-13(2,12(15)16)14-11-5-6-11/h11,14H,3-10H2,1-2H3,(H,15,16). The first-order chi connectivity index (χ1) is 8.58.